The van der Waals surface area contributed by atoms with Gasteiger partial charge in [0.05, 0.1) is 24.6 Å². The van der Waals surface area contributed by atoms with Crippen LogP contribution in [0.1, 0.15) is 38.3 Å². The van der Waals surface area contributed by atoms with E-state index in [4.69, 9.17) is 11.2 Å². The predicted molar refractivity (Wildman–Crippen MR) is 131 cm³/mol. The summed E-state index contributed by atoms with van der Waals surface area (Å²) in [7, 11) is 1.47. The molecule has 1 saturated heterocycles. The highest BCUT2D eigenvalue weighted by Crippen LogP contribution is 2.29. The Morgan fingerprint density at radius 1 is 1.09 bits per heavy atom. The van der Waals surface area contributed by atoms with Crippen molar-refractivity contribution in [2.75, 3.05) is 30.8 Å². The lowest BCUT2D eigenvalue weighted by Gasteiger charge is -2.27. The molecule has 2 N–H and O–H groups in total. The summed E-state index contributed by atoms with van der Waals surface area (Å²) in [5.74, 6) is 2.34. The highest BCUT2D eigenvalue weighted by molar-refractivity contribution is 6.13. The Kier molecular flexibility index (Phi) is 6.84. The third-order valence-corrected chi connectivity index (χ3v) is 5.28. The first-order chi connectivity index (χ1) is 16.6. The maximum Gasteiger partial charge on any atom is 0.259 e. The molecular formula is C26H23N5O3. The van der Waals surface area contributed by atoms with E-state index in [9.17, 15) is 9.59 Å². The van der Waals surface area contributed by atoms with Crippen molar-refractivity contribution in [3.05, 3.63) is 83.0 Å². The van der Waals surface area contributed by atoms with Gasteiger partial charge in [0.25, 0.3) is 11.8 Å². The smallest absolute Gasteiger partial charge is 0.259 e. The van der Waals surface area contributed by atoms with E-state index in [1.807, 2.05) is 17.1 Å². The van der Waals surface area contributed by atoms with Gasteiger partial charge in [0.15, 0.2) is 0 Å². The van der Waals surface area contributed by atoms with Crippen molar-refractivity contribution in [2.24, 2.45) is 5.10 Å². The number of terminal acetylenes is 1. The van der Waals surface area contributed by atoms with Crippen LogP contribution in [0.25, 0.3) is 0 Å². The molecule has 0 atom stereocenters. The van der Waals surface area contributed by atoms with E-state index in [-0.39, 0.29) is 17.2 Å². The molecule has 3 aromatic rings. The molecule has 1 aliphatic heterocycles. The van der Waals surface area contributed by atoms with E-state index in [2.05, 4.69) is 26.6 Å². The molecule has 1 aromatic heterocycles. The molecule has 1 aliphatic rings. The van der Waals surface area contributed by atoms with Gasteiger partial charge >= 0.3 is 0 Å². The van der Waals surface area contributed by atoms with Crippen molar-refractivity contribution in [1.82, 2.24) is 9.99 Å². The van der Waals surface area contributed by atoms with E-state index in [0.29, 0.717) is 22.7 Å². The Morgan fingerprint density at radius 3 is 2.50 bits per heavy atom. The maximum atomic E-state index is 13.0. The lowest BCUT2D eigenvalue weighted by atomic mass is 10.1. The number of anilines is 2. The van der Waals surface area contributed by atoms with E-state index < -0.39 is 5.91 Å². The zero-order valence-corrected chi connectivity index (χ0v) is 18.6. The molecule has 0 saturated carbocycles. The number of pyridine rings is 1. The number of amides is 2. The summed E-state index contributed by atoms with van der Waals surface area (Å²) < 4.78 is 5.39. The molecule has 34 heavy (non-hydrogen) atoms. The highest BCUT2D eigenvalue weighted by atomic mass is 16.5. The Balaban J connectivity index is 1.51. The number of rotatable bonds is 7. The van der Waals surface area contributed by atoms with Crippen molar-refractivity contribution in [2.45, 2.75) is 6.42 Å². The molecule has 0 spiro atoms. The number of hydrazone groups is 1. The summed E-state index contributed by atoms with van der Waals surface area (Å²) >= 11 is 0. The number of nitrogens with zero attached hydrogens (tertiary/aromatic N) is 3. The first-order valence-electron chi connectivity index (χ1n) is 10.7. The second kappa shape index (κ2) is 10.3. The maximum absolute atomic E-state index is 13.0. The van der Waals surface area contributed by atoms with Crippen molar-refractivity contribution >= 4 is 29.5 Å². The molecule has 8 nitrogen and oxygen atoms in total. The van der Waals surface area contributed by atoms with Crippen LogP contribution in [-0.4, -0.2) is 48.2 Å². The molecule has 2 heterocycles. The number of ether oxygens (including phenoxy) is 1. The highest BCUT2D eigenvalue weighted by Gasteiger charge is 2.19. The third kappa shape index (κ3) is 5.22. The molecule has 0 unspecified atom stereocenters. The Bertz CT molecular complexity index is 1260. The summed E-state index contributed by atoms with van der Waals surface area (Å²) in [6, 6.07) is 15.3. The van der Waals surface area contributed by atoms with E-state index in [1.54, 1.807) is 48.7 Å². The minimum absolute atomic E-state index is 0.230. The van der Waals surface area contributed by atoms with Gasteiger partial charge in [0.2, 0.25) is 0 Å². The van der Waals surface area contributed by atoms with E-state index >= 15 is 0 Å². The fourth-order valence-corrected chi connectivity index (χ4v) is 3.23. The standard InChI is InChI=1S/C26H23N5O3/c1-3-18-10-13-23(27-16-18)29-26(33)21-6-4-7-22(34-2)24(21)30-25(32)20-11-8-19(9-12-20)17-28-31-14-5-15-31/h1,4,6-13,16-17H,5,14-15H2,2H3,(H,30,32)(H,27,29,33). The zero-order chi connectivity index (χ0) is 23.9. The second-order valence-electron chi connectivity index (χ2n) is 7.54. The minimum Gasteiger partial charge on any atom is -0.495 e. The van der Waals surface area contributed by atoms with Gasteiger partial charge in [0.1, 0.15) is 11.6 Å². The van der Waals surface area contributed by atoms with Gasteiger partial charge in [-0.2, -0.15) is 5.10 Å². The molecule has 0 bridgehead atoms. The van der Waals surface area contributed by atoms with Crippen LogP contribution < -0.4 is 15.4 Å². The second-order valence-corrected chi connectivity index (χ2v) is 7.54. The molecular weight excluding hydrogens is 430 g/mol. The van der Waals surface area contributed by atoms with Gasteiger partial charge in [-0.05, 0) is 48.4 Å². The molecule has 2 amide bonds. The van der Waals surface area contributed by atoms with Crippen LogP contribution >= 0.6 is 0 Å². The molecule has 0 aliphatic carbocycles. The minimum atomic E-state index is -0.451. The lowest BCUT2D eigenvalue weighted by molar-refractivity contribution is 0.102. The SMILES string of the molecule is C#Cc1ccc(NC(=O)c2cccc(OC)c2NC(=O)c2ccc(C=NN3CCC3)cc2)nc1. The number of nitrogens with one attached hydrogen (secondary N) is 2. The monoisotopic (exact) mass is 453 g/mol. The van der Waals surface area contributed by atoms with Crippen LogP contribution in [0.5, 0.6) is 5.75 Å². The molecule has 0 radical (unpaired) electrons. The van der Waals surface area contributed by atoms with Gasteiger partial charge in [-0.25, -0.2) is 4.98 Å². The summed E-state index contributed by atoms with van der Waals surface area (Å²) in [6.45, 7) is 1.94. The van der Waals surface area contributed by atoms with Crippen LogP contribution in [0.2, 0.25) is 0 Å². The van der Waals surface area contributed by atoms with Crippen molar-refractivity contribution in [3.8, 4) is 18.1 Å². The fraction of sp³-hybridized carbons (Fsp3) is 0.154. The predicted octanol–water partition coefficient (Wildman–Crippen LogP) is 3.62. The van der Waals surface area contributed by atoms with Gasteiger partial charge in [-0.3, -0.25) is 14.6 Å². The van der Waals surface area contributed by atoms with Gasteiger partial charge in [0, 0.05) is 30.4 Å². The van der Waals surface area contributed by atoms with Gasteiger partial charge < -0.3 is 15.4 Å². The van der Waals surface area contributed by atoms with E-state index in [0.717, 1.165) is 25.1 Å². The Morgan fingerprint density at radius 2 is 1.88 bits per heavy atom. The zero-order valence-electron chi connectivity index (χ0n) is 18.6. The summed E-state index contributed by atoms with van der Waals surface area (Å²) in [4.78, 5) is 30.0. The lowest BCUT2D eigenvalue weighted by Crippen LogP contribution is -2.32. The van der Waals surface area contributed by atoms with Crippen molar-refractivity contribution in [1.29, 1.82) is 0 Å². The fourth-order valence-electron chi connectivity index (χ4n) is 3.23. The average Bonchev–Trinajstić information content (AvgIpc) is 2.84. The Hall–Kier alpha value is -4.64. The van der Waals surface area contributed by atoms with Crippen LogP contribution in [0.3, 0.4) is 0 Å². The Labute approximate surface area is 197 Å². The molecule has 8 heteroatoms. The van der Waals surface area contributed by atoms with E-state index in [1.165, 1.54) is 13.3 Å². The number of benzene rings is 2. The largest absolute Gasteiger partial charge is 0.495 e. The van der Waals surface area contributed by atoms with Crippen LogP contribution in [-0.2, 0) is 0 Å². The summed E-state index contributed by atoms with van der Waals surface area (Å²) in [5, 5.41) is 11.9. The molecule has 170 valence electrons. The number of aromatic nitrogens is 1. The van der Waals surface area contributed by atoms with Crippen LogP contribution in [0.15, 0.2) is 65.9 Å². The van der Waals surface area contributed by atoms with Crippen LogP contribution in [0, 0.1) is 12.3 Å². The van der Waals surface area contributed by atoms with Crippen LogP contribution in [0.4, 0.5) is 11.5 Å². The summed E-state index contributed by atoms with van der Waals surface area (Å²) in [6.07, 6.45) is 9.76. The quantitative estimate of drug-likeness (QED) is 0.421. The number of carbonyl (C=O) groups excluding carboxylic acids is 2. The van der Waals surface area contributed by atoms with Gasteiger partial charge in [-0.15, -0.1) is 6.42 Å². The molecule has 2 aromatic carbocycles. The number of hydrogen-bond donors (Lipinski definition) is 2. The summed E-state index contributed by atoms with van der Waals surface area (Å²) in [5.41, 5.74) is 2.42. The third-order valence-electron chi connectivity index (χ3n) is 5.28. The first kappa shape index (κ1) is 22.6. The molecule has 4 rings (SSSR count). The first-order valence-corrected chi connectivity index (χ1v) is 10.7. The van der Waals surface area contributed by atoms with Crippen molar-refractivity contribution in [3.63, 3.8) is 0 Å². The number of para-hydroxylation sites is 1. The number of carbonyl (C=O) groups is 2. The number of methoxy groups -OCH3 is 1. The number of hydrogen-bond acceptors (Lipinski definition) is 6. The van der Waals surface area contributed by atoms with Crippen molar-refractivity contribution < 1.29 is 14.3 Å². The van der Waals surface area contributed by atoms with Gasteiger partial charge in [-0.1, -0.05) is 24.1 Å². The topological polar surface area (TPSA) is 95.9 Å². The average molecular weight is 454 g/mol. The normalized spacial score (nSPS) is 12.5. The molecule has 1 fully saturated rings.